The van der Waals surface area contributed by atoms with Crippen LogP contribution in [-0.2, 0) is 9.59 Å². The highest BCUT2D eigenvalue weighted by molar-refractivity contribution is 5.79. The zero-order valence-electron chi connectivity index (χ0n) is 12.7. The Labute approximate surface area is 121 Å². The fourth-order valence-electron chi connectivity index (χ4n) is 3.25. The molecule has 20 heavy (non-hydrogen) atoms. The summed E-state index contributed by atoms with van der Waals surface area (Å²) in [5.74, 6) is 1.62. The van der Waals surface area contributed by atoms with Crippen LogP contribution < -0.4 is 10.6 Å². The Hall–Kier alpha value is -1.10. The van der Waals surface area contributed by atoms with E-state index in [0.29, 0.717) is 17.7 Å². The first-order valence-electron chi connectivity index (χ1n) is 7.80. The number of hydrogen-bond acceptors (Lipinski definition) is 3. The maximum absolute atomic E-state index is 12.5. The molecule has 114 valence electrons. The molecular weight excluding hydrogens is 254 g/mol. The third-order valence-electron chi connectivity index (χ3n) is 4.49. The summed E-state index contributed by atoms with van der Waals surface area (Å²) in [7, 11) is 0. The Balaban J connectivity index is 1.75. The number of amides is 2. The lowest BCUT2D eigenvalue weighted by atomic mass is 9.89. The minimum Gasteiger partial charge on any atom is -0.356 e. The van der Waals surface area contributed by atoms with E-state index in [9.17, 15) is 9.59 Å². The van der Waals surface area contributed by atoms with Crippen molar-refractivity contribution in [3.05, 3.63) is 0 Å². The van der Waals surface area contributed by atoms with Gasteiger partial charge in [-0.3, -0.25) is 9.59 Å². The lowest BCUT2D eigenvalue weighted by molar-refractivity contribution is -0.138. The van der Waals surface area contributed by atoms with Crippen LogP contribution in [-0.4, -0.2) is 49.4 Å². The average molecular weight is 281 g/mol. The molecular formula is C15H27N3O2. The SMILES string of the molecule is CC(=O)NCC1CCN(C(=O)C2CNCC(C)C2)CC1. The fraction of sp³-hybridized carbons (Fsp3) is 0.867. The van der Waals surface area contributed by atoms with Crippen molar-refractivity contribution in [2.45, 2.75) is 33.1 Å². The Kier molecular flexibility index (Phi) is 5.40. The second-order valence-electron chi connectivity index (χ2n) is 6.40. The lowest BCUT2D eigenvalue weighted by Crippen LogP contribution is -2.48. The number of carbonyl (C=O) groups is 2. The van der Waals surface area contributed by atoms with E-state index in [4.69, 9.17) is 0 Å². The van der Waals surface area contributed by atoms with Crippen LogP contribution in [0.3, 0.4) is 0 Å². The van der Waals surface area contributed by atoms with E-state index in [2.05, 4.69) is 17.6 Å². The van der Waals surface area contributed by atoms with Crippen LogP contribution in [0.15, 0.2) is 0 Å². The second-order valence-corrected chi connectivity index (χ2v) is 6.40. The van der Waals surface area contributed by atoms with Crippen LogP contribution in [0, 0.1) is 17.8 Å². The number of piperidine rings is 2. The van der Waals surface area contributed by atoms with Crippen LogP contribution >= 0.6 is 0 Å². The van der Waals surface area contributed by atoms with Gasteiger partial charge in [-0.25, -0.2) is 0 Å². The van der Waals surface area contributed by atoms with Gasteiger partial charge in [0.2, 0.25) is 11.8 Å². The van der Waals surface area contributed by atoms with Gasteiger partial charge < -0.3 is 15.5 Å². The van der Waals surface area contributed by atoms with Crippen LogP contribution in [0.5, 0.6) is 0 Å². The molecule has 5 nitrogen and oxygen atoms in total. The Morgan fingerprint density at radius 2 is 1.95 bits per heavy atom. The molecule has 2 N–H and O–H groups in total. The van der Waals surface area contributed by atoms with E-state index in [-0.39, 0.29) is 11.8 Å². The zero-order valence-corrected chi connectivity index (χ0v) is 12.7. The monoisotopic (exact) mass is 281 g/mol. The van der Waals surface area contributed by atoms with Gasteiger partial charge in [0, 0.05) is 33.1 Å². The number of nitrogens with zero attached hydrogens (tertiary/aromatic N) is 1. The van der Waals surface area contributed by atoms with Gasteiger partial charge in [0.1, 0.15) is 0 Å². The van der Waals surface area contributed by atoms with Gasteiger partial charge in [0.15, 0.2) is 0 Å². The lowest BCUT2D eigenvalue weighted by Gasteiger charge is -2.36. The molecule has 2 atom stereocenters. The molecule has 0 aromatic carbocycles. The first kappa shape index (κ1) is 15.3. The van der Waals surface area contributed by atoms with E-state index in [1.54, 1.807) is 6.92 Å². The normalized spacial score (nSPS) is 28.2. The number of rotatable bonds is 3. The Morgan fingerprint density at radius 3 is 2.55 bits per heavy atom. The molecule has 2 saturated heterocycles. The quantitative estimate of drug-likeness (QED) is 0.796. The van der Waals surface area contributed by atoms with E-state index < -0.39 is 0 Å². The second kappa shape index (κ2) is 7.07. The van der Waals surface area contributed by atoms with Crippen molar-refractivity contribution in [1.82, 2.24) is 15.5 Å². The average Bonchev–Trinajstić information content (AvgIpc) is 2.45. The molecule has 2 heterocycles. The van der Waals surface area contributed by atoms with E-state index in [1.807, 2.05) is 4.90 Å². The maximum Gasteiger partial charge on any atom is 0.226 e. The first-order chi connectivity index (χ1) is 9.56. The minimum atomic E-state index is 0.0331. The molecule has 2 unspecified atom stereocenters. The maximum atomic E-state index is 12.5. The molecule has 0 aromatic heterocycles. The third kappa shape index (κ3) is 4.20. The van der Waals surface area contributed by atoms with E-state index >= 15 is 0 Å². The summed E-state index contributed by atoms with van der Waals surface area (Å²) in [4.78, 5) is 25.4. The Morgan fingerprint density at radius 1 is 1.25 bits per heavy atom. The summed E-state index contributed by atoms with van der Waals surface area (Å²) in [6.45, 7) is 8.04. The molecule has 2 amide bonds. The highest BCUT2D eigenvalue weighted by Gasteiger charge is 2.30. The number of carbonyl (C=O) groups excluding carboxylic acids is 2. The topological polar surface area (TPSA) is 61.4 Å². The summed E-state index contributed by atoms with van der Waals surface area (Å²) >= 11 is 0. The smallest absolute Gasteiger partial charge is 0.226 e. The van der Waals surface area contributed by atoms with Crippen molar-refractivity contribution in [3.63, 3.8) is 0 Å². The number of hydrogen-bond donors (Lipinski definition) is 2. The van der Waals surface area contributed by atoms with Crippen molar-refractivity contribution in [1.29, 1.82) is 0 Å². The van der Waals surface area contributed by atoms with Crippen LogP contribution in [0.1, 0.15) is 33.1 Å². The first-order valence-corrected chi connectivity index (χ1v) is 7.80. The van der Waals surface area contributed by atoms with Crippen molar-refractivity contribution in [3.8, 4) is 0 Å². The molecule has 0 radical (unpaired) electrons. The minimum absolute atomic E-state index is 0.0331. The summed E-state index contributed by atoms with van der Waals surface area (Å²) in [6.07, 6.45) is 3.01. The van der Waals surface area contributed by atoms with Crippen LogP contribution in [0.4, 0.5) is 0 Å². The van der Waals surface area contributed by atoms with Crippen LogP contribution in [0.2, 0.25) is 0 Å². The standard InChI is InChI=1S/C15H27N3O2/c1-11-7-14(10-16-8-11)15(20)18-5-3-13(4-6-18)9-17-12(2)19/h11,13-14,16H,3-10H2,1-2H3,(H,17,19). The summed E-state index contributed by atoms with van der Waals surface area (Å²) in [5, 5.41) is 6.23. The summed E-state index contributed by atoms with van der Waals surface area (Å²) < 4.78 is 0. The molecule has 2 fully saturated rings. The third-order valence-corrected chi connectivity index (χ3v) is 4.49. The van der Waals surface area contributed by atoms with Gasteiger partial charge >= 0.3 is 0 Å². The molecule has 0 aliphatic carbocycles. The van der Waals surface area contributed by atoms with Gasteiger partial charge in [-0.15, -0.1) is 0 Å². The van der Waals surface area contributed by atoms with E-state index in [1.165, 1.54) is 0 Å². The van der Waals surface area contributed by atoms with Gasteiger partial charge in [-0.2, -0.15) is 0 Å². The molecule has 2 aliphatic heterocycles. The van der Waals surface area contributed by atoms with Gasteiger partial charge in [0.25, 0.3) is 0 Å². The zero-order chi connectivity index (χ0) is 14.5. The van der Waals surface area contributed by atoms with E-state index in [0.717, 1.165) is 52.0 Å². The molecule has 0 spiro atoms. The van der Waals surface area contributed by atoms with Gasteiger partial charge in [-0.1, -0.05) is 6.92 Å². The summed E-state index contributed by atoms with van der Waals surface area (Å²) in [5.41, 5.74) is 0. The van der Waals surface area contributed by atoms with Crippen molar-refractivity contribution in [2.75, 3.05) is 32.7 Å². The Bertz CT molecular complexity index is 351. The fourth-order valence-corrected chi connectivity index (χ4v) is 3.25. The largest absolute Gasteiger partial charge is 0.356 e. The number of likely N-dealkylation sites (tertiary alicyclic amines) is 1. The number of nitrogens with one attached hydrogen (secondary N) is 2. The molecule has 0 aromatic rings. The van der Waals surface area contributed by atoms with Crippen molar-refractivity contribution in [2.24, 2.45) is 17.8 Å². The van der Waals surface area contributed by atoms with Gasteiger partial charge in [0.05, 0.1) is 5.92 Å². The highest BCUT2D eigenvalue weighted by Crippen LogP contribution is 2.22. The molecule has 2 aliphatic rings. The molecule has 0 saturated carbocycles. The van der Waals surface area contributed by atoms with Crippen LogP contribution in [0.25, 0.3) is 0 Å². The van der Waals surface area contributed by atoms with Crippen molar-refractivity contribution < 1.29 is 9.59 Å². The van der Waals surface area contributed by atoms with Crippen molar-refractivity contribution >= 4 is 11.8 Å². The molecule has 0 bridgehead atoms. The van der Waals surface area contributed by atoms with Gasteiger partial charge in [-0.05, 0) is 37.6 Å². The predicted octanol–water partition coefficient (Wildman–Crippen LogP) is 0.607. The molecule has 5 heteroatoms. The summed E-state index contributed by atoms with van der Waals surface area (Å²) in [6, 6.07) is 0. The molecule has 2 rings (SSSR count). The predicted molar refractivity (Wildman–Crippen MR) is 78.1 cm³/mol. The highest BCUT2D eigenvalue weighted by atomic mass is 16.2.